The van der Waals surface area contributed by atoms with Gasteiger partial charge in [0.15, 0.2) is 5.82 Å². The summed E-state index contributed by atoms with van der Waals surface area (Å²) < 4.78 is 0. The lowest BCUT2D eigenvalue weighted by Crippen LogP contribution is -2.29. The molecule has 3 rings (SSSR count). The minimum absolute atomic E-state index is 0.452. The van der Waals surface area contributed by atoms with Gasteiger partial charge in [0.1, 0.15) is 5.82 Å². The normalized spacial score (nSPS) is 18.8. The Morgan fingerprint density at radius 2 is 2.00 bits per heavy atom. The highest BCUT2D eigenvalue weighted by atomic mass is 35.5. The molecule has 3 N–H and O–H groups in total. The van der Waals surface area contributed by atoms with E-state index in [0.29, 0.717) is 21.9 Å². The molecule has 2 saturated carbocycles. The molecule has 0 bridgehead atoms. The second-order valence-corrected chi connectivity index (χ2v) is 5.91. The molecule has 2 aliphatic rings. The Morgan fingerprint density at radius 3 is 2.56 bits per heavy atom. The average molecular weight is 287 g/mol. The molecule has 0 aromatic carbocycles. The van der Waals surface area contributed by atoms with Gasteiger partial charge in [0.25, 0.3) is 0 Å². The molecule has 2 fully saturated rings. The summed E-state index contributed by atoms with van der Waals surface area (Å²) in [6, 6.07) is 2.30. The van der Waals surface area contributed by atoms with Gasteiger partial charge >= 0.3 is 0 Å². The van der Waals surface area contributed by atoms with Crippen LogP contribution in [0.15, 0.2) is 6.07 Å². The molecule has 1 aromatic rings. The number of anilines is 2. The van der Waals surface area contributed by atoms with Gasteiger partial charge in [-0.15, -0.1) is 0 Å². The van der Waals surface area contributed by atoms with Crippen LogP contribution in [0.3, 0.4) is 0 Å². The molecular formula is C12H16Cl2N4. The van der Waals surface area contributed by atoms with E-state index in [1.165, 1.54) is 25.7 Å². The molecule has 0 spiro atoms. The van der Waals surface area contributed by atoms with E-state index in [1.807, 2.05) is 0 Å². The third-order valence-corrected chi connectivity index (χ3v) is 4.03. The number of nitrogen functional groups attached to an aromatic ring is 1. The first kappa shape index (κ1) is 12.3. The number of rotatable bonds is 5. The number of halogens is 2. The van der Waals surface area contributed by atoms with Crippen molar-refractivity contribution in [2.45, 2.75) is 31.7 Å². The molecule has 0 amide bonds. The lowest BCUT2D eigenvalue weighted by atomic mass is 10.3. The summed E-state index contributed by atoms with van der Waals surface area (Å²) in [5, 5.41) is 1.06. The van der Waals surface area contributed by atoms with Crippen molar-refractivity contribution >= 4 is 34.8 Å². The maximum atomic E-state index is 6.27. The van der Waals surface area contributed by atoms with Crippen LogP contribution in [0.1, 0.15) is 25.7 Å². The maximum absolute atomic E-state index is 6.27. The van der Waals surface area contributed by atoms with Crippen LogP contribution in [0, 0.1) is 5.92 Å². The van der Waals surface area contributed by atoms with Crippen molar-refractivity contribution in [1.29, 1.82) is 0 Å². The van der Waals surface area contributed by atoms with E-state index in [0.717, 1.165) is 18.3 Å². The fourth-order valence-corrected chi connectivity index (χ4v) is 2.65. The topological polar surface area (TPSA) is 54.2 Å². The first-order valence-corrected chi connectivity index (χ1v) is 7.04. The molecule has 6 heteroatoms. The number of aromatic nitrogens is 1. The van der Waals surface area contributed by atoms with Crippen molar-refractivity contribution in [3.63, 3.8) is 0 Å². The van der Waals surface area contributed by atoms with Crippen molar-refractivity contribution in [3.8, 4) is 0 Å². The monoisotopic (exact) mass is 286 g/mol. The number of nitrogens with zero attached hydrogens (tertiary/aromatic N) is 2. The molecule has 18 heavy (non-hydrogen) atoms. The minimum Gasteiger partial charge on any atom is -0.352 e. The van der Waals surface area contributed by atoms with Crippen LogP contribution in [-0.4, -0.2) is 17.6 Å². The standard InChI is InChI=1S/C12H16Cl2N4/c13-9-5-10(14)12(16-11(9)17-15)18(8-3-4-8)6-7-1-2-7/h5,7-8H,1-4,6,15H2,(H,16,17). The largest absolute Gasteiger partial charge is 0.352 e. The van der Waals surface area contributed by atoms with Gasteiger partial charge in [-0.25, -0.2) is 10.8 Å². The number of hydrazine groups is 1. The van der Waals surface area contributed by atoms with Gasteiger partial charge in [0.05, 0.1) is 10.0 Å². The van der Waals surface area contributed by atoms with Crippen LogP contribution in [0.4, 0.5) is 11.6 Å². The highest BCUT2D eigenvalue weighted by Gasteiger charge is 2.35. The van der Waals surface area contributed by atoms with Gasteiger partial charge in [0.2, 0.25) is 0 Å². The van der Waals surface area contributed by atoms with E-state index >= 15 is 0 Å². The number of nitrogens with one attached hydrogen (secondary N) is 1. The minimum atomic E-state index is 0.452. The summed E-state index contributed by atoms with van der Waals surface area (Å²) in [6.45, 7) is 1.04. The highest BCUT2D eigenvalue weighted by molar-refractivity contribution is 6.37. The number of hydrogen-bond acceptors (Lipinski definition) is 4. The zero-order valence-electron chi connectivity index (χ0n) is 10.00. The van der Waals surface area contributed by atoms with Crippen molar-refractivity contribution < 1.29 is 0 Å². The van der Waals surface area contributed by atoms with E-state index in [1.54, 1.807) is 6.07 Å². The van der Waals surface area contributed by atoms with Crippen molar-refractivity contribution in [2.75, 3.05) is 16.9 Å². The van der Waals surface area contributed by atoms with Gasteiger partial charge in [-0.1, -0.05) is 23.2 Å². The molecule has 0 aliphatic heterocycles. The Morgan fingerprint density at radius 1 is 1.28 bits per heavy atom. The first-order valence-electron chi connectivity index (χ1n) is 6.28. The molecule has 4 nitrogen and oxygen atoms in total. The van der Waals surface area contributed by atoms with Crippen LogP contribution in [0.5, 0.6) is 0 Å². The lowest BCUT2D eigenvalue weighted by molar-refractivity contribution is 0.709. The quantitative estimate of drug-likeness (QED) is 0.645. The molecule has 0 atom stereocenters. The van der Waals surface area contributed by atoms with Gasteiger partial charge in [-0.05, 0) is 37.7 Å². The van der Waals surface area contributed by atoms with Gasteiger partial charge in [0, 0.05) is 12.6 Å². The van der Waals surface area contributed by atoms with Crippen molar-refractivity contribution in [3.05, 3.63) is 16.1 Å². The Labute approximate surface area is 116 Å². The number of hydrogen-bond donors (Lipinski definition) is 2. The summed E-state index contributed by atoms with van der Waals surface area (Å²) in [4.78, 5) is 6.78. The fourth-order valence-electron chi connectivity index (χ4n) is 2.13. The molecule has 0 saturated heterocycles. The van der Waals surface area contributed by atoms with Crippen LogP contribution >= 0.6 is 23.2 Å². The second-order valence-electron chi connectivity index (χ2n) is 5.10. The van der Waals surface area contributed by atoms with Crippen LogP contribution in [-0.2, 0) is 0 Å². The first-order chi connectivity index (χ1) is 8.69. The summed E-state index contributed by atoms with van der Waals surface area (Å²) >= 11 is 12.3. The van der Waals surface area contributed by atoms with Crippen LogP contribution in [0.2, 0.25) is 10.0 Å². The predicted molar refractivity (Wildman–Crippen MR) is 75.2 cm³/mol. The Hall–Kier alpha value is -0.710. The van der Waals surface area contributed by atoms with Gasteiger partial charge in [-0.3, -0.25) is 0 Å². The third kappa shape index (κ3) is 2.51. The lowest BCUT2D eigenvalue weighted by Gasteiger charge is -2.25. The highest BCUT2D eigenvalue weighted by Crippen LogP contribution is 2.40. The molecule has 98 valence electrons. The zero-order chi connectivity index (χ0) is 12.7. The average Bonchev–Trinajstić information content (AvgIpc) is 3.20. The smallest absolute Gasteiger partial charge is 0.161 e. The molecule has 0 unspecified atom stereocenters. The maximum Gasteiger partial charge on any atom is 0.161 e. The zero-order valence-corrected chi connectivity index (χ0v) is 11.5. The van der Waals surface area contributed by atoms with E-state index in [9.17, 15) is 0 Å². The third-order valence-electron chi connectivity index (χ3n) is 3.46. The second kappa shape index (κ2) is 4.76. The molecule has 2 aliphatic carbocycles. The van der Waals surface area contributed by atoms with E-state index in [4.69, 9.17) is 29.0 Å². The summed E-state index contributed by atoms with van der Waals surface area (Å²) in [5.74, 6) is 7.51. The molecule has 1 aromatic heterocycles. The van der Waals surface area contributed by atoms with Gasteiger partial charge in [-0.2, -0.15) is 0 Å². The Kier molecular flexibility index (Phi) is 3.26. The molecular weight excluding hydrogens is 271 g/mol. The number of pyridine rings is 1. The van der Waals surface area contributed by atoms with E-state index in [2.05, 4.69) is 15.3 Å². The molecule has 1 heterocycles. The van der Waals surface area contributed by atoms with Crippen molar-refractivity contribution in [2.24, 2.45) is 11.8 Å². The summed E-state index contributed by atoms with van der Waals surface area (Å²) in [5.41, 5.74) is 2.52. The Balaban J connectivity index is 1.91. The van der Waals surface area contributed by atoms with E-state index < -0.39 is 0 Å². The SMILES string of the molecule is NNc1nc(N(CC2CC2)C2CC2)c(Cl)cc1Cl. The molecule has 0 radical (unpaired) electrons. The summed E-state index contributed by atoms with van der Waals surface area (Å²) in [7, 11) is 0. The predicted octanol–water partition coefficient (Wildman–Crippen LogP) is 3.05. The summed E-state index contributed by atoms with van der Waals surface area (Å²) in [6.07, 6.45) is 5.07. The van der Waals surface area contributed by atoms with E-state index in [-0.39, 0.29) is 0 Å². The fraction of sp³-hybridized carbons (Fsp3) is 0.583. The number of nitrogens with two attached hydrogens (primary N) is 1. The van der Waals surface area contributed by atoms with Crippen LogP contribution in [0.25, 0.3) is 0 Å². The van der Waals surface area contributed by atoms with Crippen LogP contribution < -0.4 is 16.2 Å². The van der Waals surface area contributed by atoms with Crippen molar-refractivity contribution in [1.82, 2.24) is 4.98 Å². The Bertz CT molecular complexity index is 458. The van der Waals surface area contributed by atoms with Gasteiger partial charge < -0.3 is 10.3 Å².